The highest BCUT2D eigenvalue weighted by atomic mass is 32.2. The summed E-state index contributed by atoms with van der Waals surface area (Å²) in [6, 6.07) is 0. The van der Waals surface area contributed by atoms with Crippen molar-refractivity contribution in [3.05, 3.63) is 0 Å². The van der Waals surface area contributed by atoms with E-state index in [2.05, 4.69) is 19.2 Å². The molecule has 0 aromatic carbocycles. The van der Waals surface area contributed by atoms with Crippen LogP contribution in [0.5, 0.6) is 0 Å². The van der Waals surface area contributed by atoms with Crippen LogP contribution in [-0.2, 0) is 14.3 Å². The molecule has 0 rings (SSSR count). The Labute approximate surface area is 125 Å². The number of hydrogen-bond acceptors (Lipinski definition) is 4. The van der Waals surface area contributed by atoms with Crippen molar-refractivity contribution in [3.8, 4) is 0 Å². The van der Waals surface area contributed by atoms with Crippen LogP contribution in [0.4, 0.5) is 0 Å². The van der Waals surface area contributed by atoms with Crippen LogP contribution in [0.25, 0.3) is 0 Å². The zero-order chi connectivity index (χ0) is 15.4. The molecule has 20 heavy (non-hydrogen) atoms. The minimum absolute atomic E-state index is 0.0341. The Bertz CT molecular complexity index is 284. The lowest BCUT2D eigenvalue weighted by Crippen LogP contribution is -2.28. The predicted molar refractivity (Wildman–Crippen MR) is 82.0 cm³/mol. The third kappa shape index (κ3) is 11.1. The van der Waals surface area contributed by atoms with E-state index in [0.29, 0.717) is 37.2 Å². The zero-order valence-corrected chi connectivity index (χ0v) is 13.5. The van der Waals surface area contributed by atoms with Gasteiger partial charge in [-0.2, -0.15) is 0 Å². The standard InChI is InChI=1S/C14H27NO4S/c1-11(2)12(4-5-14(17)18)6-7-15-13(16)10-20-9-8-19-3/h11-12H,4-10H2,1-3H3,(H,15,16)(H,17,18). The first-order valence-electron chi connectivity index (χ1n) is 7.02. The number of hydrogen-bond donors (Lipinski definition) is 2. The largest absolute Gasteiger partial charge is 0.481 e. The molecule has 0 fully saturated rings. The lowest BCUT2D eigenvalue weighted by Gasteiger charge is -2.20. The maximum Gasteiger partial charge on any atom is 0.303 e. The van der Waals surface area contributed by atoms with Crippen LogP contribution >= 0.6 is 11.8 Å². The molecule has 0 aliphatic heterocycles. The Balaban J connectivity index is 3.76. The number of rotatable bonds is 12. The number of carbonyl (C=O) groups is 2. The van der Waals surface area contributed by atoms with Gasteiger partial charge in [0.05, 0.1) is 12.4 Å². The van der Waals surface area contributed by atoms with E-state index < -0.39 is 5.97 Å². The lowest BCUT2D eigenvalue weighted by atomic mass is 9.88. The Morgan fingerprint density at radius 1 is 1.30 bits per heavy atom. The minimum atomic E-state index is -0.755. The van der Waals surface area contributed by atoms with Crippen LogP contribution in [0.3, 0.4) is 0 Å². The molecule has 0 heterocycles. The van der Waals surface area contributed by atoms with E-state index in [1.165, 1.54) is 0 Å². The number of carboxylic acids is 1. The molecular weight excluding hydrogens is 278 g/mol. The van der Waals surface area contributed by atoms with Crippen molar-refractivity contribution in [1.82, 2.24) is 5.32 Å². The maximum atomic E-state index is 11.6. The van der Waals surface area contributed by atoms with E-state index in [4.69, 9.17) is 9.84 Å². The third-order valence-electron chi connectivity index (χ3n) is 3.17. The highest BCUT2D eigenvalue weighted by molar-refractivity contribution is 7.99. The highest BCUT2D eigenvalue weighted by Crippen LogP contribution is 2.20. The summed E-state index contributed by atoms with van der Waals surface area (Å²) in [5.74, 6) is 1.32. The van der Waals surface area contributed by atoms with Gasteiger partial charge in [-0.05, 0) is 24.7 Å². The molecule has 1 unspecified atom stereocenters. The lowest BCUT2D eigenvalue weighted by molar-refractivity contribution is -0.137. The molecule has 5 nitrogen and oxygen atoms in total. The molecule has 0 saturated carbocycles. The number of ether oxygens (including phenoxy) is 1. The predicted octanol–water partition coefficient (Wildman–Crippen LogP) is 2.01. The van der Waals surface area contributed by atoms with Crippen molar-refractivity contribution >= 4 is 23.6 Å². The fraction of sp³-hybridized carbons (Fsp3) is 0.857. The molecule has 0 bridgehead atoms. The Hall–Kier alpha value is -0.750. The quantitative estimate of drug-likeness (QED) is 0.539. The number of nitrogens with one attached hydrogen (secondary N) is 1. The average molecular weight is 305 g/mol. The fourth-order valence-corrected chi connectivity index (χ4v) is 2.59. The first-order valence-corrected chi connectivity index (χ1v) is 8.18. The van der Waals surface area contributed by atoms with E-state index in [9.17, 15) is 9.59 Å². The van der Waals surface area contributed by atoms with E-state index in [-0.39, 0.29) is 12.3 Å². The van der Waals surface area contributed by atoms with E-state index >= 15 is 0 Å². The highest BCUT2D eigenvalue weighted by Gasteiger charge is 2.15. The monoisotopic (exact) mass is 305 g/mol. The summed E-state index contributed by atoms with van der Waals surface area (Å²) in [5, 5.41) is 11.6. The van der Waals surface area contributed by atoms with E-state index in [1.807, 2.05) is 0 Å². The molecule has 6 heteroatoms. The van der Waals surface area contributed by atoms with Crippen LogP contribution < -0.4 is 5.32 Å². The van der Waals surface area contributed by atoms with Crippen LogP contribution in [0, 0.1) is 11.8 Å². The summed E-state index contributed by atoms with van der Waals surface area (Å²) in [7, 11) is 1.64. The number of amides is 1. The second kappa shape index (κ2) is 12.0. The molecule has 0 aliphatic carbocycles. The molecule has 0 aromatic heterocycles. The number of carbonyl (C=O) groups excluding carboxylic acids is 1. The summed E-state index contributed by atoms with van der Waals surface area (Å²) in [4.78, 5) is 22.2. The van der Waals surface area contributed by atoms with Crippen LogP contribution in [0.1, 0.15) is 33.1 Å². The van der Waals surface area contributed by atoms with Gasteiger partial charge >= 0.3 is 5.97 Å². The number of thioether (sulfide) groups is 1. The molecule has 0 aromatic rings. The van der Waals surface area contributed by atoms with Crippen molar-refractivity contribution in [2.24, 2.45) is 11.8 Å². The molecule has 1 atom stereocenters. The smallest absolute Gasteiger partial charge is 0.303 e. The second-order valence-corrected chi connectivity index (χ2v) is 6.23. The Kier molecular flexibility index (Phi) is 11.6. The van der Waals surface area contributed by atoms with Gasteiger partial charge in [0.1, 0.15) is 0 Å². The minimum Gasteiger partial charge on any atom is -0.481 e. The summed E-state index contributed by atoms with van der Waals surface area (Å²) >= 11 is 1.55. The van der Waals surface area contributed by atoms with Crippen molar-refractivity contribution < 1.29 is 19.4 Å². The maximum absolute atomic E-state index is 11.6. The molecule has 0 spiro atoms. The second-order valence-electron chi connectivity index (χ2n) is 5.12. The van der Waals surface area contributed by atoms with Gasteiger partial charge in [-0.25, -0.2) is 0 Å². The molecule has 0 radical (unpaired) electrons. The Morgan fingerprint density at radius 3 is 2.55 bits per heavy atom. The average Bonchev–Trinajstić information content (AvgIpc) is 2.38. The summed E-state index contributed by atoms with van der Waals surface area (Å²) in [6.45, 7) is 5.46. The first-order chi connectivity index (χ1) is 9.47. The van der Waals surface area contributed by atoms with Gasteiger partial charge in [-0.1, -0.05) is 13.8 Å². The van der Waals surface area contributed by atoms with Gasteiger partial charge in [0.2, 0.25) is 5.91 Å². The molecule has 1 amide bonds. The number of carboxylic acid groups (broad SMARTS) is 1. The van der Waals surface area contributed by atoms with Gasteiger partial charge in [0, 0.05) is 25.8 Å². The fourth-order valence-electron chi connectivity index (χ4n) is 1.88. The molecule has 0 saturated heterocycles. The molecule has 118 valence electrons. The van der Waals surface area contributed by atoms with Crippen molar-refractivity contribution in [3.63, 3.8) is 0 Å². The van der Waals surface area contributed by atoms with Crippen LogP contribution in [-0.4, -0.2) is 48.8 Å². The van der Waals surface area contributed by atoms with E-state index in [1.54, 1.807) is 18.9 Å². The molecular formula is C14H27NO4S. The Morgan fingerprint density at radius 2 is 2.00 bits per heavy atom. The topological polar surface area (TPSA) is 75.6 Å². The van der Waals surface area contributed by atoms with Gasteiger partial charge < -0.3 is 15.2 Å². The molecule has 0 aliphatic rings. The van der Waals surface area contributed by atoms with E-state index in [0.717, 1.165) is 12.2 Å². The van der Waals surface area contributed by atoms with Gasteiger partial charge in [-0.3, -0.25) is 9.59 Å². The summed E-state index contributed by atoms with van der Waals surface area (Å²) < 4.78 is 4.91. The van der Waals surface area contributed by atoms with Crippen LogP contribution in [0.2, 0.25) is 0 Å². The summed E-state index contributed by atoms with van der Waals surface area (Å²) in [6.07, 6.45) is 1.70. The van der Waals surface area contributed by atoms with Crippen LogP contribution in [0.15, 0.2) is 0 Å². The first kappa shape index (κ1) is 19.2. The normalized spacial score (nSPS) is 12.4. The molecule has 2 N–H and O–H groups in total. The summed E-state index contributed by atoms with van der Waals surface area (Å²) in [5.41, 5.74) is 0. The SMILES string of the molecule is COCCSCC(=O)NCCC(CCC(=O)O)C(C)C. The van der Waals surface area contributed by atoms with Gasteiger partial charge in [0.25, 0.3) is 0 Å². The number of methoxy groups -OCH3 is 1. The van der Waals surface area contributed by atoms with Crippen molar-refractivity contribution in [1.29, 1.82) is 0 Å². The number of aliphatic carboxylic acids is 1. The van der Waals surface area contributed by atoms with Crippen molar-refractivity contribution in [2.75, 3.05) is 31.8 Å². The third-order valence-corrected chi connectivity index (χ3v) is 4.10. The van der Waals surface area contributed by atoms with Gasteiger partial charge in [-0.15, -0.1) is 11.8 Å². The zero-order valence-electron chi connectivity index (χ0n) is 12.7. The van der Waals surface area contributed by atoms with Crippen molar-refractivity contribution in [2.45, 2.75) is 33.1 Å². The van der Waals surface area contributed by atoms with Gasteiger partial charge in [0.15, 0.2) is 0 Å².